The van der Waals surface area contributed by atoms with E-state index < -0.39 is 15.4 Å². The summed E-state index contributed by atoms with van der Waals surface area (Å²) in [6.07, 6.45) is 4.99. The molecule has 2 bridgehead atoms. The molecule has 1 N–H and O–H groups in total. The highest BCUT2D eigenvalue weighted by Gasteiger charge is 2.52. The van der Waals surface area contributed by atoms with E-state index in [9.17, 15) is 13.5 Å². The Balaban J connectivity index is 1.94. The molecule has 2 fully saturated rings. The summed E-state index contributed by atoms with van der Waals surface area (Å²) in [5, 5.41) is 18.2. The number of sulfone groups is 1. The van der Waals surface area contributed by atoms with Crippen LogP contribution >= 0.6 is 0 Å². The number of nitrogens with zero attached hydrogens (tertiary/aromatic N) is 1. The Kier molecular flexibility index (Phi) is 3.46. The van der Waals surface area contributed by atoms with Crippen molar-refractivity contribution in [3.63, 3.8) is 0 Å². The number of hydrogen-bond donors (Lipinski definition) is 1. The fourth-order valence-electron chi connectivity index (χ4n) is 3.20. The van der Waals surface area contributed by atoms with Crippen LogP contribution in [-0.4, -0.2) is 29.6 Å². The van der Waals surface area contributed by atoms with Gasteiger partial charge in [0.25, 0.3) is 0 Å². The van der Waals surface area contributed by atoms with Crippen LogP contribution in [0.3, 0.4) is 0 Å². The van der Waals surface area contributed by atoms with Crippen molar-refractivity contribution in [2.75, 3.05) is 0 Å². The van der Waals surface area contributed by atoms with E-state index in [0.29, 0.717) is 38.5 Å². The predicted octanol–water partition coefficient (Wildman–Crippen LogP) is 1.54. The fraction of sp³-hybridized carbons (Fsp3) is 0.917. The van der Waals surface area contributed by atoms with Crippen LogP contribution in [0.15, 0.2) is 0 Å². The topological polar surface area (TPSA) is 78.2 Å². The minimum atomic E-state index is -2.95. The molecule has 2 unspecified atom stereocenters. The van der Waals surface area contributed by atoms with Gasteiger partial charge in [-0.05, 0) is 44.9 Å². The quantitative estimate of drug-likeness (QED) is 0.775. The van der Waals surface area contributed by atoms with E-state index in [-0.39, 0.29) is 10.5 Å². The molecule has 4 nitrogen and oxygen atoms in total. The average molecular weight is 257 g/mol. The normalized spacial score (nSPS) is 38.8. The third-order valence-electron chi connectivity index (χ3n) is 4.14. The van der Waals surface area contributed by atoms with Gasteiger partial charge < -0.3 is 5.11 Å². The highest BCUT2D eigenvalue weighted by Crippen LogP contribution is 2.44. The molecule has 0 amide bonds. The first-order valence-corrected chi connectivity index (χ1v) is 7.91. The average Bonchev–Trinajstić information content (AvgIpc) is 2.47. The summed E-state index contributed by atoms with van der Waals surface area (Å²) in [6.45, 7) is 0. The number of fused-ring (bicyclic) bond motifs is 2. The van der Waals surface area contributed by atoms with Gasteiger partial charge in [0.15, 0.2) is 9.84 Å². The maximum atomic E-state index is 11.9. The Morgan fingerprint density at radius 3 is 2.35 bits per heavy atom. The second-order valence-electron chi connectivity index (χ2n) is 5.41. The smallest absolute Gasteiger partial charge is 0.156 e. The predicted molar refractivity (Wildman–Crippen MR) is 64.0 cm³/mol. The summed E-state index contributed by atoms with van der Waals surface area (Å²) in [6, 6.07) is 2.08. The molecule has 0 aromatic heterocycles. The Labute approximate surface area is 103 Å². The number of rotatable bonds is 4. The molecule has 2 aliphatic rings. The first-order chi connectivity index (χ1) is 7.98. The molecule has 0 aromatic rings. The molecule has 2 atom stereocenters. The number of hydrogen-bond acceptors (Lipinski definition) is 4. The molecule has 2 rings (SSSR count). The van der Waals surface area contributed by atoms with Crippen molar-refractivity contribution in [2.24, 2.45) is 0 Å². The molecule has 2 heterocycles. The minimum Gasteiger partial charge on any atom is -0.390 e. The van der Waals surface area contributed by atoms with Crippen LogP contribution in [0.2, 0.25) is 0 Å². The van der Waals surface area contributed by atoms with Crippen LogP contribution in [-0.2, 0) is 9.84 Å². The number of aliphatic hydroxyl groups is 1. The molecule has 0 saturated carbocycles. The van der Waals surface area contributed by atoms with Crippen molar-refractivity contribution in [3.8, 4) is 6.07 Å². The Hall–Kier alpha value is -0.600. The minimum absolute atomic E-state index is 0.317. The van der Waals surface area contributed by atoms with Crippen LogP contribution in [0.1, 0.15) is 51.4 Å². The van der Waals surface area contributed by atoms with Gasteiger partial charge in [0.05, 0.1) is 22.2 Å². The van der Waals surface area contributed by atoms with Gasteiger partial charge in [-0.2, -0.15) is 5.26 Å². The van der Waals surface area contributed by atoms with Gasteiger partial charge in [-0.1, -0.05) is 0 Å². The maximum absolute atomic E-state index is 11.9. The lowest BCUT2D eigenvalue weighted by Gasteiger charge is -2.36. The lowest BCUT2D eigenvalue weighted by atomic mass is 9.88. The van der Waals surface area contributed by atoms with Crippen LogP contribution < -0.4 is 0 Å². The van der Waals surface area contributed by atoms with Gasteiger partial charge in [0, 0.05) is 6.42 Å². The highest BCUT2D eigenvalue weighted by atomic mass is 32.2. The van der Waals surface area contributed by atoms with Crippen LogP contribution in [0, 0.1) is 11.3 Å². The van der Waals surface area contributed by atoms with Crippen LogP contribution in [0.5, 0.6) is 0 Å². The van der Waals surface area contributed by atoms with Crippen molar-refractivity contribution in [1.29, 1.82) is 5.26 Å². The van der Waals surface area contributed by atoms with Crippen LogP contribution in [0.4, 0.5) is 0 Å². The van der Waals surface area contributed by atoms with Gasteiger partial charge in [-0.25, -0.2) is 8.42 Å². The largest absolute Gasteiger partial charge is 0.390 e. The first kappa shape index (κ1) is 12.8. The Morgan fingerprint density at radius 1 is 1.24 bits per heavy atom. The van der Waals surface area contributed by atoms with Gasteiger partial charge in [-0.3, -0.25) is 0 Å². The molecule has 2 saturated heterocycles. The van der Waals surface area contributed by atoms with E-state index in [4.69, 9.17) is 5.26 Å². The summed E-state index contributed by atoms with van der Waals surface area (Å²) < 4.78 is 23.8. The standard InChI is InChI=1S/C12H19NO3S/c13-7-3-1-2-6-12(14)8-10-4-5-11(9-12)17(10,15)16/h10-11,14H,1-6,8-9H2. The van der Waals surface area contributed by atoms with E-state index in [0.717, 1.165) is 12.8 Å². The van der Waals surface area contributed by atoms with Crippen molar-refractivity contribution in [1.82, 2.24) is 0 Å². The first-order valence-electron chi connectivity index (χ1n) is 6.30. The van der Waals surface area contributed by atoms with Gasteiger partial charge in [0.1, 0.15) is 0 Å². The second kappa shape index (κ2) is 4.58. The molecule has 2 aliphatic heterocycles. The van der Waals surface area contributed by atoms with Crippen LogP contribution in [0.25, 0.3) is 0 Å². The van der Waals surface area contributed by atoms with E-state index in [1.807, 2.05) is 0 Å². The zero-order valence-electron chi connectivity index (χ0n) is 9.93. The number of unbranched alkanes of at least 4 members (excludes halogenated alkanes) is 2. The van der Waals surface area contributed by atoms with E-state index in [1.54, 1.807) is 0 Å². The Morgan fingerprint density at radius 2 is 1.82 bits per heavy atom. The fourth-order valence-corrected chi connectivity index (χ4v) is 5.76. The third kappa shape index (κ3) is 2.48. The summed E-state index contributed by atoms with van der Waals surface area (Å²) in [7, 11) is -2.95. The zero-order valence-corrected chi connectivity index (χ0v) is 10.7. The summed E-state index contributed by atoms with van der Waals surface area (Å²) >= 11 is 0. The summed E-state index contributed by atoms with van der Waals surface area (Å²) in [4.78, 5) is 0. The summed E-state index contributed by atoms with van der Waals surface area (Å²) in [5.41, 5.74) is -0.799. The summed E-state index contributed by atoms with van der Waals surface area (Å²) in [5.74, 6) is 0. The monoisotopic (exact) mass is 257 g/mol. The lowest BCUT2D eigenvalue weighted by Crippen LogP contribution is -2.44. The number of nitriles is 1. The molecular formula is C12H19NO3S. The second-order valence-corrected chi connectivity index (χ2v) is 7.92. The molecule has 96 valence electrons. The Bertz CT molecular complexity index is 404. The van der Waals surface area contributed by atoms with Crippen molar-refractivity contribution < 1.29 is 13.5 Å². The molecule has 17 heavy (non-hydrogen) atoms. The zero-order chi connectivity index (χ0) is 12.5. The molecule has 0 aliphatic carbocycles. The van der Waals surface area contributed by atoms with E-state index in [1.165, 1.54) is 0 Å². The van der Waals surface area contributed by atoms with Crippen molar-refractivity contribution in [3.05, 3.63) is 0 Å². The lowest BCUT2D eigenvalue weighted by molar-refractivity contribution is 0.0111. The molecule has 0 radical (unpaired) electrons. The molecular weight excluding hydrogens is 238 g/mol. The van der Waals surface area contributed by atoms with Gasteiger partial charge in [0.2, 0.25) is 0 Å². The van der Waals surface area contributed by atoms with Gasteiger partial charge >= 0.3 is 0 Å². The van der Waals surface area contributed by atoms with Gasteiger partial charge in [-0.15, -0.1) is 0 Å². The van der Waals surface area contributed by atoms with Crippen molar-refractivity contribution in [2.45, 2.75) is 67.5 Å². The maximum Gasteiger partial charge on any atom is 0.156 e. The third-order valence-corrected chi connectivity index (χ3v) is 6.80. The molecule has 0 spiro atoms. The van der Waals surface area contributed by atoms with E-state index >= 15 is 0 Å². The molecule has 5 heteroatoms. The SMILES string of the molecule is N#CCCCCC1(O)CC2CCC(C1)S2(=O)=O. The van der Waals surface area contributed by atoms with Crippen molar-refractivity contribution >= 4 is 9.84 Å². The van der Waals surface area contributed by atoms with E-state index in [2.05, 4.69) is 6.07 Å². The highest BCUT2D eigenvalue weighted by molar-refractivity contribution is 7.93. The molecule has 0 aromatic carbocycles.